The van der Waals surface area contributed by atoms with Crippen molar-refractivity contribution in [1.82, 2.24) is 15.2 Å². The summed E-state index contributed by atoms with van der Waals surface area (Å²) in [6, 6.07) is 13.9. The average molecular weight is 403 g/mol. The topological polar surface area (TPSA) is 108 Å². The first-order valence-corrected chi connectivity index (χ1v) is 9.27. The predicted octanol–water partition coefficient (Wildman–Crippen LogP) is 3.03. The maximum Gasteiger partial charge on any atom is 0.255 e. The molecule has 3 rings (SSSR count). The highest BCUT2D eigenvalue weighted by molar-refractivity contribution is 7.99. The Hall–Kier alpha value is -2.68. The second-order valence-electron chi connectivity index (χ2n) is 5.47. The first-order chi connectivity index (χ1) is 13.1. The van der Waals surface area contributed by atoms with Gasteiger partial charge in [0.25, 0.3) is 5.91 Å². The van der Waals surface area contributed by atoms with E-state index in [1.165, 1.54) is 0 Å². The number of ketones is 1. The molecule has 0 aliphatic carbocycles. The summed E-state index contributed by atoms with van der Waals surface area (Å²) < 4.78 is 0. The van der Waals surface area contributed by atoms with Crippen LogP contribution in [0, 0.1) is 0 Å². The third kappa shape index (κ3) is 4.94. The summed E-state index contributed by atoms with van der Waals surface area (Å²) >= 11 is 7.19. The van der Waals surface area contributed by atoms with Crippen LogP contribution in [0.25, 0.3) is 11.4 Å². The predicted molar refractivity (Wildman–Crippen MR) is 104 cm³/mol. The summed E-state index contributed by atoms with van der Waals surface area (Å²) in [6.45, 7) is -0.507. The van der Waals surface area contributed by atoms with Gasteiger partial charge in [-0.1, -0.05) is 47.6 Å². The number of carbonyl (C=O) groups excluding carboxylic acids is 2. The zero-order valence-corrected chi connectivity index (χ0v) is 15.5. The number of halogens is 1. The molecule has 1 heterocycles. The maximum absolute atomic E-state index is 12.5. The fourth-order valence-corrected chi connectivity index (χ4v) is 3.03. The van der Waals surface area contributed by atoms with E-state index in [4.69, 9.17) is 16.7 Å². The van der Waals surface area contributed by atoms with E-state index in [0.29, 0.717) is 32.8 Å². The Morgan fingerprint density at radius 2 is 2.00 bits per heavy atom. The zero-order valence-electron chi connectivity index (χ0n) is 14.0. The van der Waals surface area contributed by atoms with Gasteiger partial charge in [0.2, 0.25) is 5.16 Å². The number of aliphatic hydroxyl groups excluding tert-OH is 1. The molecule has 2 aromatic carbocycles. The molecule has 0 spiro atoms. The van der Waals surface area contributed by atoms with E-state index in [-0.39, 0.29) is 17.4 Å². The number of thioether (sulfide) groups is 1. The molecule has 0 aliphatic heterocycles. The highest BCUT2D eigenvalue weighted by Gasteiger charge is 2.12. The van der Waals surface area contributed by atoms with E-state index in [1.807, 2.05) is 0 Å². The normalized spacial score (nSPS) is 10.6. The monoisotopic (exact) mass is 402 g/mol. The second-order valence-corrected chi connectivity index (χ2v) is 6.82. The Morgan fingerprint density at radius 1 is 1.19 bits per heavy atom. The molecular weight excluding hydrogens is 388 g/mol. The number of aromatic amines is 1. The number of para-hydroxylation sites is 1. The molecule has 7 nitrogen and oxygen atoms in total. The van der Waals surface area contributed by atoms with Crippen LogP contribution in [0.15, 0.2) is 53.7 Å². The number of hydrogen-bond donors (Lipinski definition) is 3. The second kappa shape index (κ2) is 8.81. The van der Waals surface area contributed by atoms with E-state index in [9.17, 15) is 9.59 Å². The summed E-state index contributed by atoms with van der Waals surface area (Å²) in [4.78, 5) is 27.9. The lowest BCUT2D eigenvalue weighted by Gasteiger charge is -2.07. The lowest BCUT2D eigenvalue weighted by atomic mass is 10.1. The van der Waals surface area contributed by atoms with E-state index in [2.05, 4.69) is 20.5 Å². The van der Waals surface area contributed by atoms with Crippen LogP contribution in [-0.4, -0.2) is 44.3 Å². The van der Waals surface area contributed by atoms with Crippen molar-refractivity contribution in [2.75, 3.05) is 17.7 Å². The minimum Gasteiger partial charge on any atom is -0.389 e. The van der Waals surface area contributed by atoms with Gasteiger partial charge >= 0.3 is 0 Å². The molecule has 0 radical (unpaired) electrons. The van der Waals surface area contributed by atoms with E-state index in [0.717, 1.165) is 11.8 Å². The Bertz CT molecular complexity index is 977. The number of nitrogens with one attached hydrogen (secondary N) is 2. The van der Waals surface area contributed by atoms with Crippen molar-refractivity contribution in [2.24, 2.45) is 0 Å². The number of rotatable bonds is 7. The fourth-order valence-electron chi connectivity index (χ4n) is 2.20. The van der Waals surface area contributed by atoms with Gasteiger partial charge in [-0.25, -0.2) is 4.98 Å². The summed E-state index contributed by atoms with van der Waals surface area (Å²) in [5.74, 6) is -0.0350. The number of aliphatic hydroxyl groups is 1. The van der Waals surface area contributed by atoms with Crippen LogP contribution in [0.2, 0.25) is 5.02 Å². The van der Waals surface area contributed by atoms with Gasteiger partial charge in [-0.05, 0) is 24.3 Å². The van der Waals surface area contributed by atoms with Gasteiger partial charge in [-0.15, -0.1) is 5.10 Å². The third-order valence-corrected chi connectivity index (χ3v) is 4.76. The lowest BCUT2D eigenvalue weighted by Crippen LogP contribution is -2.12. The Labute approximate surface area is 164 Å². The Balaban J connectivity index is 1.74. The SMILES string of the molecule is O=C(CO)CSc1n[nH]c(-c2cccc(C(=O)Nc3ccccc3Cl)c2)n1. The molecule has 1 aromatic heterocycles. The largest absolute Gasteiger partial charge is 0.389 e. The van der Waals surface area contributed by atoms with Crippen molar-refractivity contribution in [3.63, 3.8) is 0 Å². The van der Waals surface area contributed by atoms with Crippen molar-refractivity contribution >= 4 is 40.7 Å². The zero-order chi connectivity index (χ0) is 19.2. The van der Waals surface area contributed by atoms with Gasteiger partial charge in [0, 0.05) is 11.1 Å². The first kappa shape index (κ1) is 19.1. The molecule has 0 atom stereocenters. The summed E-state index contributed by atoms with van der Waals surface area (Å²) in [5.41, 5.74) is 1.64. The first-order valence-electron chi connectivity index (χ1n) is 7.91. The van der Waals surface area contributed by atoms with Crippen LogP contribution < -0.4 is 5.32 Å². The Morgan fingerprint density at radius 3 is 2.78 bits per heavy atom. The number of anilines is 1. The van der Waals surface area contributed by atoms with Crippen LogP contribution in [0.4, 0.5) is 5.69 Å². The lowest BCUT2D eigenvalue weighted by molar-refractivity contribution is -0.119. The van der Waals surface area contributed by atoms with Crippen LogP contribution in [0.3, 0.4) is 0 Å². The Kier molecular flexibility index (Phi) is 6.23. The number of aromatic nitrogens is 3. The molecule has 0 aliphatic rings. The molecule has 1 amide bonds. The van der Waals surface area contributed by atoms with Crippen molar-refractivity contribution < 1.29 is 14.7 Å². The summed E-state index contributed by atoms with van der Waals surface area (Å²) in [5, 5.41) is 19.2. The number of hydrogen-bond acceptors (Lipinski definition) is 6. The average Bonchev–Trinajstić information content (AvgIpc) is 3.17. The quantitative estimate of drug-likeness (QED) is 0.524. The number of carbonyl (C=O) groups is 2. The summed E-state index contributed by atoms with van der Waals surface area (Å²) in [6.07, 6.45) is 0. The standard InChI is InChI=1S/C18H15ClN4O3S/c19-14-6-1-2-7-15(14)20-17(26)12-5-3-4-11(8-12)16-21-18(23-22-16)27-10-13(25)9-24/h1-8,24H,9-10H2,(H,20,26)(H,21,22,23). The van der Waals surface area contributed by atoms with E-state index in [1.54, 1.807) is 48.5 Å². The van der Waals surface area contributed by atoms with Crippen molar-refractivity contribution in [3.05, 3.63) is 59.1 Å². The fraction of sp³-hybridized carbons (Fsp3) is 0.111. The third-order valence-electron chi connectivity index (χ3n) is 3.52. The molecular formula is C18H15ClN4O3S. The molecule has 3 aromatic rings. The number of Topliss-reactive ketones (excluding diaryl/α,β-unsaturated/α-hetero) is 1. The molecule has 0 saturated carbocycles. The highest BCUT2D eigenvalue weighted by Crippen LogP contribution is 2.23. The molecule has 0 unspecified atom stereocenters. The van der Waals surface area contributed by atoms with E-state index >= 15 is 0 Å². The van der Waals surface area contributed by atoms with Crippen molar-refractivity contribution in [1.29, 1.82) is 0 Å². The van der Waals surface area contributed by atoms with Gasteiger partial charge in [-0.2, -0.15) is 0 Å². The molecule has 27 heavy (non-hydrogen) atoms. The van der Waals surface area contributed by atoms with Gasteiger partial charge < -0.3 is 10.4 Å². The number of benzene rings is 2. The molecule has 0 bridgehead atoms. The van der Waals surface area contributed by atoms with Gasteiger partial charge in [0.05, 0.1) is 16.5 Å². The summed E-state index contributed by atoms with van der Waals surface area (Å²) in [7, 11) is 0. The van der Waals surface area contributed by atoms with Crippen molar-refractivity contribution in [3.8, 4) is 11.4 Å². The van der Waals surface area contributed by atoms with Gasteiger partial charge in [-0.3, -0.25) is 14.7 Å². The van der Waals surface area contributed by atoms with E-state index < -0.39 is 6.61 Å². The highest BCUT2D eigenvalue weighted by atomic mass is 35.5. The molecule has 9 heteroatoms. The van der Waals surface area contributed by atoms with Crippen LogP contribution >= 0.6 is 23.4 Å². The minimum absolute atomic E-state index is 0.0913. The molecule has 3 N–H and O–H groups in total. The smallest absolute Gasteiger partial charge is 0.255 e. The molecule has 0 fully saturated rings. The van der Waals surface area contributed by atoms with Gasteiger partial charge in [0.1, 0.15) is 6.61 Å². The number of amides is 1. The molecule has 0 saturated heterocycles. The number of nitrogens with zero attached hydrogens (tertiary/aromatic N) is 2. The molecule has 138 valence electrons. The number of H-pyrrole nitrogens is 1. The van der Waals surface area contributed by atoms with Gasteiger partial charge in [0.15, 0.2) is 11.6 Å². The maximum atomic E-state index is 12.5. The van der Waals surface area contributed by atoms with Crippen LogP contribution in [0.5, 0.6) is 0 Å². The minimum atomic E-state index is -0.507. The van der Waals surface area contributed by atoms with Crippen LogP contribution in [-0.2, 0) is 4.79 Å². The van der Waals surface area contributed by atoms with Crippen LogP contribution in [0.1, 0.15) is 10.4 Å². The van der Waals surface area contributed by atoms with Crippen molar-refractivity contribution in [2.45, 2.75) is 5.16 Å².